The predicted molar refractivity (Wildman–Crippen MR) is 127 cm³/mol. The molecule has 10 heteroatoms. The van der Waals surface area contributed by atoms with Crippen molar-refractivity contribution >= 4 is 23.3 Å². The highest BCUT2D eigenvalue weighted by Gasteiger charge is 2.29. The second-order valence-electron chi connectivity index (χ2n) is 7.99. The van der Waals surface area contributed by atoms with Crippen LogP contribution in [0.3, 0.4) is 0 Å². The van der Waals surface area contributed by atoms with E-state index in [1.54, 1.807) is 29.4 Å². The Bertz CT molecular complexity index is 1060. The fourth-order valence-corrected chi connectivity index (χ4v) is 4.05. The molecule has 1 fully saturated rings. The van der Waals surface area contributed by atoms with Crippen LogP contribution in [0.5, 0.6) is 5.75 Å². The van der Waals surface area contributed by atoms with E-state index in [1.807, 2.05) is 31.2 Å². The molecule has 1 aliphatic rings. The summed E-state index contributed by atoms with van der Waals surface area (Å²) in [5.41, 5.74) is 1.02. The van der Waals surface area contributed by atoms with Crippen LogP contribution in [0.15, 0.2) is 49.1 Å². The number of carbonyl (C=O) groups excluding carboxylic acids is 1. The molecular weight excluding hydrogens is 442 g/mol. The molecule has 0 spiro atoms. The van der Waals surface area contributed by atoms with Gasteiger partial charge in [0.15, 0.2) is 0 Å². The average molecular weight is 470 g/mol. The summed E-state index contributed by atoms with van der Waals surface area (Å²) in [6.07, 6.45) is 5.41. The summed E-state index contributed by atoms with van der Waals surface area (Å²) >= 11 is 6.31. The Morgan fingerprint density at radius 1 is 1.24 bits per heavy atom. The van der Waals surface area contributed by atoms with Crippen molar-refractivity contribution in [2.75, 3.05) is 38.2 Å². The van der Waals surface area contributed by atoms with Gasteiger partial charge in [0, 0.05) is 51.1 Å². The van der Waals surface area contributed by atoms with Gasteiger partial charge in [-0.05, 0) is 31.7 Å². The monoisotopic (exact) mass is 469 g/mol. The number of anilines is 1. The second kappa shape index (κ2) is 10.6. The lowest BCUT2D eigenvalue weighted by Gasteiger charge is -2.40. The number of benzene rings is 1. The number of piperazine rings is 1. The van der Waals surface area contributed by atoms with E-state index in [4.69, 9.17) is 21.3 Å². The van der Waals surface area contributed by atoms with E-state index in [0.29, 0.717) is 36.5 Å². The van der Waals surface area contributed by atoms with Gasteiger partial charge in [-0.15, -0.1) is 0 Å². The van der Waals surface area contributed by atoms with Crippen molar-refractivity contribution in [2.24, 2.45) is 0 Å². The maximum absolute atomic E-state index is 12.8. The molecule has 3 aromatic rings. The first-order chi connectivity index (χ1) is 16.0. The van der Waals surface area contributed by atoms with Gasteiger partial charge in [-0.3, -0.25) is 9.36 Å². The number of nitrogens with zero attached hydrogens (tertiary/aromatic N) is 6. The Morgan fingerprint density at radius 2 is 2.06 bits per heavy atom. The van der Waals surface area contributed by atoms with Gasteiger partial charge in [0.05, 0.1) is 12.6 Å². The summed E-state index contributed by atoms with van der Waals surface area (Å²) < 4.78 is 7.18. The maximum Gasteiger partial charge on any atom is 0.238 e. The molecule has 9 nitrogen and oxygen atoms in total. The summed E-state index contributed by atoms with van der Waals surface area (Å²) in [4.78, 5) is 30.2. The first kappa shape index (κ1) is 23.0. The minimum atomic E-state index is -0.0364. The number of carbonyl (C=O) groups is 1. The molecule has 1 aromatic carbocycles. The second-order valence-corrected chi connectivity index (χ2v) is 8.37. The molecule has 4 rings (SSSR count). The molecule has 1 unspecified atom stereocenters. The number of imidazole rings is 1. The minimum absolute atomic E-state index is 0.0100. The number of amides is 1. The highest BCUT2D eigenvalue weighted by molar-refractivity contribution is 6.29. The van der Waals surface area contributed by atoms with Crippen molar-refractivity contribution in [3.63, 3.8) is 0 Å². The van der Waals surface area contributed by atoms with Crippen molar-refractivity contribution in [2.45, 2.75) is 25.9 Å². The van der Waals surface area contributed by atoms with E-state index in [-0.39, 0.29) is 11.9 Å². The van der Waals surface area contributed by atoms with E-state index in [1.165, 1.54) is 0 Å². The van der Waals surface area contributed by atoms with E-state index >= 15 is 0 Å². The standard InChI is InChI=1S/C23H28ClN7O2/c1-3-33-19-6-4-17(5-7-19)14-26-22(32)12-18-15-29(2)10-11-31(18)21-13-20(24)27-23(28-21)30-9-8-25-16-30/h4-9,13,16,18H,3,10-12,14-15H2,1-2H3,(H,26,32). The third-order valence-electron chi connectivity index (χ3n) is 5.53. The first-order valence-corrected chi connectivity index (χ1v) is 11.4. The number of halogens is 1. The number of hydrogen-bond donors (Lipinski definition) is 1. The normalized spacial score (nSPS) is 16.6. The lowest BCUT2D eigenvalue weighted by Crippen LogP contribution is -2.53. The van der Waals surface area contributed by atoms with Gasteiger partial charge < -0.3 is 19.9 Å². The highest BCUT2D eigenvalue weighted by atomic mass is 35.5. The van der Waals surface area contributed by atoms with E-state index in [9.17, 15) is 4.79 Å². The van der Waals surface area contributed by atoms with Gasteiger partial charge in [0.25, 0.3) is 0 Å². The topological polar surface area (TPSA) is 88.4 Å². The van der Waals surface area contributed by atoms with Gasteiger partial charge in [-0.25, -0.2) is 9.97 Å². The summed E-state index contributed by atoms with van der Waals surface area (Å²) in [5.74, 6) is 1.97. The maximum atomic E-state index is 12.8. The Balaban J connectivity index is 1.43. The average Bonchev–Trinajstić information content (AvgIpc) is 3.34. The van der Waals surface area contributed by atoms with Gasteiger partial charge in [0.1, 0.15) is 23.0 Å². The molecule has 3 heterocycles. The quantitative estimate of drug-likeness (QED) is 0.507. The molecule has 1 aliphatic heterocycles. The molecule has 174 valence electrons. The summed E-state index contributed by atoms with van der Waals surface area (Å²) in [6, 6.07) is 9.47. The molecule has 2 aromatic heterocycles. The van der Waals surface area contributed by atoms with E-state index in [2.05, 4.69) is 32.1 Å². The van der Waals surface area contributed by atoms with Crippen molar-refractivity contribution in [1.29, 1.82) is 0 Å². The lowest BCUT2D eigenvalue weighted by atomic mass is 10.1. The number of nitrogens with one attached hydrogen (secondary N) is 1. The Morgan fingerprint density at radius 3 is 2.79 bits per heavy atom. The van der Waals surface area contributed by atoms with E-state index < -0.39 is 0 Å². The minimum Gasteiger partial charge on any atom is -0.494 e. The molecule has 0 saturated carbocycles. The van der Waals surface area contributed by atoms with Gasteiger partial charge in [-0.2, -0.15) is 4.98 Å². The van der Waals surface area contributed by atoms with Crippen LogP contribution in [0.2, 0.25) is 5.15 Å². The predicted octanol–water partition coefficient (Wildman–Crippen LogP) is 2.54. The van der Waals surface area contributed by atoms with Crippen LogP contribution in [0.4, 0.5) is 5.82 Å². The molecule has 0 bridgehead atoms. The van der Waals surface area contributed by atoms with Crippen LogP contribution < -0.4 is 15.0 Å². The molecule has 33 heavy (non-hydrogen) atoms. The summed E-state index contributed by atoms with van der Waals surface area (Å²) in [5, 5.41) is 3.38. The zero-order valence-corrected chi connectivity index (χ0v) is 19.6. The van der Waals surface area contributed by atoms with Crippen LogP contribution in [-0.4, -0.2) is 69.7 Å². The largest absolute Gasteiger partial charge is 0.494 e. The van der Waals surface area contributed by atoms with Crippen LogP contribution in [0.1, 0.15) is 18.9 Å². The summed E-state index contributed by atoms with van der Waals surface area (Å²) in [7, 11) is 2.06. The SMILES string of the molecule is CCOc1ccc(CNC(=O)CC2CN(C)CCN2c2cc(Cl)nc(-n3ccnc3)n2)cc1. The highest BCUT2D eigenvalue weighted by Crippen LogP contribution is 2.24. The van der Waals surface area contributed by atoms with Crippen molar-refractivity contribution in [1.82, 2.24) is 29.7 Å². The molecule has 1 atom stereocenters. The van der Waals surface area contributed by atoms with Crippen LogP contribution in [0, 0.1) is 0 Å². The van der Waals surface area contributed by atoms with Crippen molar-refractivity contribution in [3.05, 3.63) is 59.8 Å². The molecule has 1 saturated heterocycles. The van der Waals surface area contributed by atoms with Gasteiger partial charge >= 0.3 is 0 Å². The fourth-order valence-electron chi connectivity index (χ4n) is 3.88. The molecule has 1 amide bonds. The van der Waals surface area contributed by atoms with Gasteiger partial charge in [-0.1, -0.05) is 23.7 Å². The number of hydrogen-bond acceptors (Lipinski definition) is 7. The third-order valence-corrected chi connectivity index (χ3v) is 5.72. The van der Waals surface area contributed by atoms with Crippen molar-refractivity contribution in [3.8, 4) is 11.7 Å². The fraction of sp³-hybridized carbons (Fsp3) is 0.391. The Labute approximate surface area is 198 Å². The molecule has 1 N–H and O–H groups in total. The van der Waals surface area contributed by atoms with Crippen LogP contribution >= 0.6 is 11.6 Å². The lowest BCUT2D eigenvalue weighted by molar-refractivity contribution is -0.121. The number of likely N-dealkylation sites (N-methyl/N-ethyl adjacent to an activating group) is 1. The van der Waals surface area contributed by atoms with E-state index in [0.717, 1.165) is 30.9 Å². The Kier molecular flexibility index (Phi) is 7.41. The smallest absolute Gasteiger partial charge is 0.238 e. The number of ether oxygens (including phenoxy) is 1. The van der Waals surface area contributed by atoms with Crippen LogP contribution in [0.25, 0.3) is 5.95 Å². The zero-order valence-electron chi connectivity index (χ0n) is 18.8. The Hall–Kier alpha value is -3.17. The third kappa shape index (κ3) is 6.00. The molecule has 0 aliphatic carbocycles. The summed E-state index contributed by atoms with van der Waals surface area (Å²) in [6.45, 7) is 5.41. The number of aromatic nitrogens is 4. The van der Waals surface area contributed by atoms with Crippen LogP contribution in [-0.2, 0) is 11.3 Å². The molecular formula is C23H28ClN7O2. The molecule has 0 radical (unpaired) electrons. The zero-order chi connectivity index (χ0) is 23.2. The number of rotatable bonds is 8. The van der Waals surface area contributed by atoms with Gasteiger partial charge in [0.2, 0.25) is 11.9 Å². The van der Waals surface area contributed by atoms with Crippen molar-refractivity contribution < 1.29 is 9.53 Å². The first-order valence-electron chi connectivity index (χ1n) is 11.0.